The molecular formula is C16H22N2O2. The summed E-state index contributed by atoms with van der Waals surface area (Å²) >= 11 is 0. The summed E-state index contributed by atoms with van der Waals surface area (Å²) in [6, 6.07) is 7.50. The lowest BCUT2D eigenvalue weighted by Crippen LogP contribution is -2.34. The van der Waals surface area contributed by atoms with Gasteiger partial charge in [0.15, 0.2) is 0 Å². The van der Waals surface area contributed by atoms with Crippen LogP contribution >= 0.6 is 0 Å². The molecule has 0 saturated carbocycles. The zero-order valence-electron chi connectivity index (χ0n) is 11.9. The number of amides is 1. The van der Waals surface area contributed by atoms with E-state index in [1.165, 1.54) is 0 Å². The first-order valence-corrected chi connectivity index (χ1v) is 7.09. The lowest BCUT2D eigenvalue weighted by molar-refractivity contribution is -0.126. The minimum atomic E-state index is 0.0434. The lowest BCUT2D eigenvalue weighted by Gasteiger charge is -2.22. The number of nitrogens with two attached hydrogens (primary N) is 1. The highest BCUT2D eigenvalue weighted by atomic mass is 16.5. The van der Waals surface area contributed by atoms with Gasteiger partial charge in [-0.3, -0.25) is 4.79 Å². The van der Waals surface area contributed by atoms with E-state index in [1.807, 2.05) is 42.2 Å². The summed E-state index contributed by atoms with van der Waals surface area (Å²) in [7, 11) is 0. The summed E-state index contributed by atoms with van der Waals surface area (Å²) in [6.07, 6.45) is 4.48. The highest BCUT2D eigenvalue weighted by molar-refractivity contribution is 5.91. The molecule has 1 atom stereocenters. The Bertz CT molecular complexity index is 479. The summed E-state index contributed by atoms with van der Waals surface area (Å²) < 4.78 is 5.35. The van der Waals surface area contributed by atoms with Gasteiger partial charge in [0.05, 0.1) is 6.61 Å². The van der Waals surface area contributed by atoms with E-state index in [2.05, 4.69) is 0 Å². The molecule has 1 saturated heterocycles. The Morgan fingerprint density at radius 3 is 3.05 bits per heavy atom. The van der Waals surface area contributed by atoms with E-state index in [1.54, 1.807) is 6.08 Å². The maximum atomic E-state index is 12.2. The third-order valence-electron chi connectivity index (χ3n) is 3.53. The number of hydrogen-bond acceptors (Lipinski definition) is 3. The minimum absolute atomic E-state index is 0.0434. The van der Waals surface area contributed by atoms with Crippen molar-refractivity contribution in [1.29, 1.82) is 0 Å². The molecule has 0 aliphatic carbocycles. The van der Waals surface area contributed by atoms with Crippen LogP contribution in [0.2, 0.25) is 0 Å². The van der Waals surface area contributed by atoms with E-state index < -0.39 is 0 Å². The Kier molecular flexibility index (Phi) is 5.18. The molecule has 20 heavy (non-hydrogen) atoms. The molecule has 0 spiro atoms. The minimum Gasteiger partial charge on any atom is -0.399 e. The van der Waals surface area contributed by atoms with Crippen molar-refractivity contribution < 1.29 is 9.53 Å². The molecule has 0 aromatic heterocycles. The SMILES string of the molecule is CCN(CC1CCOC1)C(=O)/C=C/c1cccc(N)c1. The number of ether oxygens (including phenoxy) is 1. The summed E-state index contributed by atoms with van der Waals surface area (Å²) in [6.45, 7) is 5.08. The normalized spacial score (nSPS) is 18.6. The van der Waals surface area contributed by atoms with Crippen molar-refractivity contribution in [2.45, 2.75) is 13.3 Å². The molecule has 1 amide bonds. The fraction of sp³-hybridized carbons (Fsp3) is 0.438. The van der Waals surface area contributed by atoms with Gasteiger partial charge in [-0.25, -0.2) is 0 Å². The number of hydrogen-bond donors (Lipinski definition) is 1. The summed E-state index contributed by atoms with van der Waals surface area (Å²) in [5.74, 6) is 0.515. The molecule has 1 heterocycles. The van der Waals surface area contributed by atoms with Gasteiger partial charge < -0.3 is 15.4 Å². The second-order valence-corrected chi connectivity index (χ2v) is 5.11. The second-order valence-electron chi connectivity index (χ2n) is 5.11. The van der Waals surface area contributed by atoms with Crippen LogP contribution in [0.25, 0.3) is 6.08 Å². The number of nitrogen functional groups attached to an aromatic ring is 1. The Labute approximate surface area is 120 Å². The van der Waals surface area contributed by atoms with Crippen LogP contribution in [0.1, 0.15) is 18.9 Å². The van der Waals surface area contributed by atoms with Crippen LogP contribution in [0.3, 0.4) is 0 Å². The van der Waals surface area contributed by atoms with Crippen LogP contribution in [0.4, 0.5) is 5.69 Å². The van der Waals surface area contributed by atoms with E-state index in [4.69, 9.17) is 10.5 Å². The van der Waals surface area contributed by atoms with Gasteiger partial charge in [0.2, 0.25) is 5.91 Å². The molecule has 4 heteroatoms. The molecule has 1 fully saturated rings. The van der Waals surface area contributed by atoms with Gasteiger partial charge in [0.25, 0.3) is 0 Å². The molecule has 2 N–H and O–H groups in total. The maximum Gasteiger partial charge on any atom is 0.246 e. The van der Waals surface area contributed by atoms with Gasteiger partial charge in [-0.2, -0.15) is 0 Å². The van der Waals surface area contributed by atoms with Gasteiger partial charge >= 0.3 is 0 Å². The fourth-order valence-corrected chi connectivity index (χ4v) is 2.35. The van der Waals surface area contributed by atoms with Gasteiger partial charge in [0.1, 0.15) is 0 Å². The molecule has 1 aromatic rings. The smallest absolute Gasteiger partial charge is 0.246 e. The Hall–Kier alpha value is -1.81. The molecule has 2 rings (SSSR count). The van der Waals surface area contributed by atoms with Gasteiger partial charge in [-0.15, -0.1) is 0 Å². The average molecular weight is 274 g/mol. The van der Waals surface area contributed by atoms with Gasteiger partial charge in [-0.05, 0) is 37.1 Å². The van der Waals surface area contributed by atoms with E-state index >= 15 is 0 Å². The van der Waals surface area contributed by atoms with Crippen molar-refractivity contribution in [3.05, 3.63) is 35.9 Å². The summed E-state index contributed by atoms with van der Waals surface area (Å²) in [5, 5.41) is 0. The molecular weight excluding hydrogens is 252 g/mol. The third kappa shape index (κ3) is 4.10. The Morgan fingerprint density at radius 1 is 1.55 bits per heavy atom. The van der Waals surface area contributed by atoms with Crippen molar-refractivity contribution in [1.82, 2.24) is 4.90 Å². The molecule has 108 valence electrons. The summed E-state index contributed by atoms with van der Waals surface area (Å²) in [5.41, 5.74) is 7.36. The molecule has 1 aliphatic rings. The van der Waals surface area contributed by atoms with Crippen LogP contribution in [0, 0.1) is 5.92 Å². The molecule has 0 radical (unpaired) electrons. The molecule has 1 unspecified atom stereocenters. The maximum absolute atomic E-state index is 12.2. The zero-order chi connectivity index (χ0) is 14.4. The molecule has 1 aliphatic heterocycles. The lowest BCUT2D eigenvalue weighted by atomic mass is 10.1. The first kappa shape index (κ1) is 14.6. The number of likely N-dealkylation sites (N-methyl/N-ethyl adjacent to an activating group) is 1. The Morgan fingerprint density at radius 2 is 2.40 bits per heavy atom. The van der Waals surface area contributed by atoms with Crippen molar-refractivity contribution in [2.24, 2.45) is 5.92 Å². The van der Waals surface area contributed by atoms with E-state index in [-0.39, 0.29) is 5.91 Å². The standard InChI is InChI=1S/C16H22N2O2/c1-2-18(11-14-8-9-20-12-14)16(19)7-6-13-4-3-5-15(17)10-13/h3-7,10,14H,2,8-9,11-12,17H2,1H3/b7-6+. The van der Waals surface area contributed by atoms with Crippen LogP contribution < -0.4 is 5.73 Å². The first-order valence-electron chi connectivity index (χ1n) is 7.09. The molecule has 1 aromatic carbocycles. The number of anilines is 1. The van der Waals surface area contributed by atoms with Crippen LogP contribution in [-0.2, 0) is 9.53 Å². The number of rotatable bonds is 5. The van der Waals surface area contributed by atoms with E-state index in [0.717, 1.165) is 38.3 Å². The summed E-state index contributed by atoms with van der Waals surface area (Å²) in [4.78, 5) is 14.1. The van der Waals surface area contributed by atoms with E-state index in [9.17, 15) is 4.79 Å². The van der Waals surface area contributed by atoms with Crippen LogP contribution in [0.5, 0.6) is 0 Å². The highest BCUT2D eigenvalue weighted by Gasteiger charge is 2.20. The van der Waals surface area contributed by atoms with E-state index in [0.29, 0.717) is 11.6 Å². The number of benzene rings is 1. The number of carbonyl (C=O) groups is 1. The van der Waals surface area contributed by atoms with Gasteiger partial charge in [0, 0.05) is 37.4 Å². The number of carbonyl (C=O) groups excluding carboxylic acids is 1. The zero-order valence-corrected chi connectivity index (χ0v) is 11.9. The molecule has 4 nitrogen and oxygen atoms in total. The van der Waals surface area contributed by atoms with Crippen molar-refractivity contribution in [3.63, 3.8) is 0 Å². The van der Waals surface area contributed by atoms with Crippen molar-refractivity contribution in [3.8, 4) is 0 Å². The quantitative estimate of drug-likeness (QED) is 0.661. The van der Waals surface area contributed by atoms with Crippen LogP contribution in [0.15, 0.2) is 30.3 Å². The largest absolute Gasteiger partial charge is 0.399 e. The van der Waals surface area contributed by atoms with Crippen LogP contribution in [-0.4, -0.2) is 37.1 Å². The van der Waals surface area contributed by atoms with Crippen molar-refractivity contribution in [2.75, 3.05) is 32.0 Å². The Balaban J connectivity index is 1.94. The van der Waals surface area contributed by atoms with Crippen molar-refractivity contribution >= 4 is 17.7 Å². The average Bonchev–Trinajstić information content (AvgIpc) is 2.95. The third-order valence-corrected chi connectivity index (χ3v) is 3.53. The topological polar surface area (TPSA) is 55.6 Å². The number of nitrogens with zero attached hydrogens (tertiary/aromatic N) is 1. The van der Waals surface area contributed by atoms with Gasteiger partial charge in [-0.1, -0.05) is 12.1 Å². The fourth-order valence-electron chi connectivity index (χ4n) is 2.35. The predicted octanol–water partition coefficient (Wildman–Crippen LogP) is 2.17. The predicted molar refractivity (Wildman–Crippen MR) is 81.1 cm³/mol. The monoisotopic (exact) mass is 274 g/mol. The molecule has 0 bridgehead atoms. The first-order chi connectivity index (χ1) is 9.69. The highest BCUT2D eigenvalue weighted by Crippen LogP contribution is 2.14. The second kappa shape index (κ2) is 7.10.